The van der Waals surface area contributed by atoms with Crippen molar-refractivity contribution in [3.63, 3.8) is 0 Å². The lowest BCUT2D eigenvalue weighted by Gasteiger charge is -2.13. The van der Waals surface area contributed by atoms with Crippen LogP contribution in [0.3, 0.4) is 0 Å². The molecule has 6 heteroatoms. The first-order valence-corrected chi connectivity index (χ1v) is 7.10. The Morgan fingerprint density at radius 3 is 2.95 bits per heavy atom. The molecular weight excluding hydrogens is 292 g/mol. The zero-order valence-corrected chi connectivity index (χ0v) is 13.3. The molecule has 1 aromatic carbocycles. The van der Waals surface area contributed by atoms with E-state index in [1.165, 1.54) is 0 Å². The Morgan fingerprint density at radius 2 is 2.29 bits per heavy atom. The van der Waals surface area contributed by atoms with E-state index in [0.717, 1.165) is 17.7 Å². The maximum Gasteiger partial charge on any atom is 0.224 e. The Kier molecular flexibility index (Phi) is 6.78. The zero-order chi connectivity index (χ0) is 14.5. The fourth-order valence-electron chi connectivity index (χ4n) is 2.29. The van der Waals surface area contributed by atoms with E-state index in [2.05, 4.69) is 5.32 Å². The lowest BCUT2D eigenvalue weighted by molar-refractivity contribution is -0.116. The Bertz CT molecular complexity index is 494. The van der Waals surface area contributed by atoms with Crippen molar-refractivity contribution >= 4 is 24.0 Å². The molecule has 1 atom stereocenters. The van der Waals surface area contributed by atoms with Crippen molar-refractivity contribution in [3.05, 3.63) is 17.7 Å². The SMILES string of the molecule is CCOc1cc2c(cc1NC(=O)CCCN)OC(C)C2.Cl. The molecule has 5 nitrogen and oxygen atoms in total. The molecule has 0 saturated carbocycles. The number of rotatable bonds is 6. The van der Waals surface area contributed by atoms with Gasteiger partial charge in [0.05, 0.1) is 12.3 Å². The summed E-state index contributed by atoms with van der Waals surface area (Å²) in [4.78, 5) is 11.8. The second kappa shape index (κ2) is 8.10. The summed E-state index contributed by atoms with van der Waals surface area (Å²) >= 11 is 0. The normalized spacial score (nSPS) is 15.7. The molecule has 0 radical (unpaired) electrons. The highest BCUT2D eigenvalue weighted by Gasteiger charge is 2.22. The van der Waals surface area contributed by atoms with Crippen molar-refractivity contribution in [3.8, 4) is 11.5 Å². The van der Waals surface area contributed by atoms with Gasteiger partial charge in [-0.3, -0.25) is 4.79 Å². The van der Waals surface area contributed by atoms with Gasteiger partial charge in [-0.05, 0) is 32.9 Å². The minimum atomic E-state index is -0.0533. The summed E-state index contributed by atoms with van der Waals surface area (Å²) in [5.74, 6) is 1.47. The lowest BCUT2D eigenvalue weighted by atomic mass is 10.1. The van der Waals surface area contributed by atoms with Gasteiger partial charge in [0.25, 0.3) is 0 Å². The fourth-order valence-corrected chi connectivity index (χ4v) is 2.29. The fraction of sp³-hybridized carbons (Fsp3) is 0.533. The van der Waals surface area contributed by atoms with Gasteiger partial charge in [-0.2, -0.15) is 0 Å². The van der Waals surface area contributed by atoms with Crippen LogP contribution >= 0.6 is 12.4 Å². The molecule has 1 heterocycles. The van der Waals surface area contributed by atoms with Crippen molar-refractivity contribution in [1.29, 1.82) is 0 Å². The number of benzene rings is 1. The number of nitrogens with one attached hydrogen (secondary N) is 1. The van der Waals surface area contributed by atoms with Crippen molar-refractivity contribution in [1.82, 2.24) is 0 Å². The Balaban J connectivity index is 0.00000220. The minimum absolute atomic E-state index is 0. The summed E-state index contributed by atoms with van der Waals surface area (Å²) in [7, 11) is 0. The zero-order valence-electron chi connectivity index (χ0n) is 12.5. The molecule has 0 bridgehead atoms. The highest BCUT2D eigenvalue weighted by Crippen LogP contribution is 2.38. The third kappa shape index (κ3) is 4.51. The predicted molar refractivity (Wildman–Crippen MR) is 85.6 cm³/mol. The molecule has 21 heavy (non-hydrogen) atoms. The van der Waals surface area contributed by atoms with Crippen molar-refractivity contribution in [2.75, 3.05) is 18.5 Å². The van der Waals surface area contributed by atoms with Crippen molar-refractivity contribution in [2.45, 2.75) is 39.2 Å². The quantitative estimate of drug-likeness (QED) is 0.846. The molecule has 3 N–H and O–H groups in total. The topological polar surface area (TPSA) is 73.6 Å². The lowest BCUT2D eigenvalue weighted by Crippen LogP contribution is -2.14. The number of anilines is 1. The van der Waals surface area contributed by atoms with E-state index in [4.69, 9.17) is 15.2 Å². The maximum atomic E-state index is 11.8. The van der Waals surface area contributed by atoms with Gasteiger partial charge >= 0.3 is 0 Å². The van der Waals surface area contributed by atoms with E-state index in [0.29, 0.717) is 37.4 Å². The van der Waals surface area contributed by atoms with Gasteiger partial charge in [0.2, 0.25) is 5.91 Å². The van der Waals surface area contributed by atoms with Gasteiger partial charge in [-0.15, -0.1) is 12.4 Å². The summed E-state index contributed by atoms with van der Waals surface area (Å²) in [5, 5.41) is 2.88. The molecule has 0 saturated heterocycles. The van der Waals surface area contributed by atoms with Gasteiger partial charge in [-0.1, -0.05) is 0 Å². The predicted octanol–water partition coefficient (Wildman–Crippen LogP) is 2.51. The summed E-state index contributed by atoms with van der Waals surface area (Å²) in [6.07, 6.45) is 2.13. The number of nitrogens with two attached hydrogens (primary N) is 1. The van der Waals surface area contributed by atoms with Crippen LogP contribution < -0.4 is 20.5 Å². The Hall–Kier alpha value is -1.46. The van der Waals surface area contributed by atoms with Crippen LogP contribution in [0.4, 0.5) is 5.69 Å². The van der Waals surface area contributed by atoms with E-state index < -0.39 is 0 Å². The first kappa shape index (κ1) is 17.6. The van der Waals surface area contributed by atoms with Crippen LogP contribution in [0.5, 0.6) is 11.5 Å². The van der Waals surface area contributed by atoms with E-state index in [9.17, 15) is 4.79 Å². The molecule has 2 rings (SSSR count). The van der Waals surface area contributed by atoms with E-state index in [1.54, 1.807) is 0 Å². The summed E-state index contributed by atoms with van der Waals surface area (Å²) in [6, 6.07) is 3.81. The molecule has 0 spiro atoms. The maximum absolute atomic E-state index is 11.8. The number of carbonyl (C=O) groups is 1. The van der Waals surface area contributed by atoms with Crippen LogP contribution in [0, 0.1) is 0 Å². The van der Waals surface area contributed by atoms with Crippen LogP contribution in [0.25, 0.3) is 0 Å². The second-order valence-electron chi connectivity index (χ2n) is 4.96. The van der Waals surface area contributed by atoms with Crippen LogP contribution in [-0.2, 0) is 11.2 Å². The van der Waals surface area contributed by atoms with Crippen molar-refractivity contribution in [2.24, 2.45) is 5.73 Å². The van der Waals surface area contributed by atoms with Gasteiger partial charge in [0.1, 0.15) is 17.6 Å². The average molecular weight is 315 g/mol. The largest absolute Gasteiger partial charge is 0.492 e. The van der Waals surface area contributed by atoms with Crippen LogP contribution in [0.1, 0.15) is 32.3 Å². The summed E-state index contributed by atoms with van der Waals surface area (Å²) in [6.45, 7) is 5.02. The number of ether oxygens (including phenoxy) is 2. The molecule has 1 aliphatic rings. The number of hydrogen-bond donors (Lipinski definition) is 2. The van der Waals surface area contributed by atoms with E-state index >= 15 is 0 Å². The van der Waals surface area contributed by atoms with Gasteiger partial charge in [0, 0.05) is 24.5 Å². The molecule has 1 amide bonds. The molecule has 1 aliphatic heterocycles. The van der Waals surface area contributed by atoms with Crippen LogP contribution in [-0.4, -0.2) is 25.2 Å². The third-order valence-electron chi connectivity index (χ3n) is 3.18. The minimum Gasteiger partial charge on any atom is -0.492 e. The third-order valence-corrected chi connectivity index (χ3v) is 3.18. The van der Waals surface area contributed by atoms with Crippen LogP contribution in [0.15, 0.2) is 12.1 Å². The molecule has 1 unspecified atom stereocenters. The highest BCUT2D eigenvalue weighted by atomic mass is 35.5. The number of halogens is 1. The highest BCUT2D eigenvalue weighted by molar-refractivity contribution is 5.92. The van der Waals surface area contributed by atoms with Gasteiger partial charge < -0.3 is 20.5 Å². The average Bonchev–Trinajstić information content (AvgIpc) is 2.76. The Morgan fingerprint density at radius 1 is 1.52 bits per heavy atom. The molecule has 0 aromatic heterocycles. The molecule has 0 fully saturated rings. The summed E-state index contributed by atoms with van der Waals surface area (Å²) < 4.78 is 11.3. The first-order valence-electron chi connectivity index (χ1n) is 7.10. The molecule has 1 aromatic rings. The first-order chi connectivity index (χ1) is 9.63. The van der Waals surface area contributed by atoms with E-state index in [1.807, 2.05) is 26.0 Å². The number of carbonyl (C=O) groups excluding carboxylic acids is 1. The molecular formula is C15H23ClN2O3. The number of amides is 1. The number of hydrogen-bond acceptors (Lipinski definition) is 4. The smallest absolute Gasteiger partial charge is 0.224 e. The summed E-state index contributed by atoms with van der Waals surface area (Å²) in [5.41, 5.74) is 7.21. The number of fused-ring (bicyclic) bond motifs is 1. The monoisotopic (exact) mass is 314 g/mol. The van der Waals surface area contributed by atoms with Gasteiger partial charge in [0.15, 0.2) is 0 Å². The molecule has 0 aliphatic carbocycles. The van der Waals surface area contributed by atoms with Gasteiger partial charge in [-0.25, -0.2) is 0 Å². The standard InChI is InChI=1S/C15H22N2O3.ClH/c1-3-19-14-8-11-7-10(2)20-13(11)9-12(14)17-15(18)5-4-6-16;/h8-10H,3-7,16H2,1-2H3,(H,17,18);1H. The Labute approximate surface area is 131 Å². The van der Waals surface area contributed by atoms with E-state index in [-0.39, 0.29) is 24.4 Å². The van der Waals surface area contributed by atoms with Crippen molar-refractivity contribution < 1.29 is 14.3 Å². The van der Waals surface area contributed by atoms with Crippen LogP contribution in [0.2, 0.25) is 0 Å². The second-order valence-corrected chi connectivity index (χ2v) is 4.96. The molecule has 118 valence electrons.